The number of imide groups is 1. The number of nitrogens with one attached hydrogen (secondary N) is 1. The Balaban J connectivity index is 1.33. The minimum absolute atomic E-state index is 0.000207. The molecular weight excluding hydrogens is 332 g/mol. The van der Waals surface area contributed by atoms with E-state index in [1.165, 1.54) is 0 Å². The summed E-state index contributed by atoms with van der Waals surface area (Å²) in [6.45, 7) is 2.16. The molecule has 1 aromatic rings. The van der Waals surface area contributed by atoms with E-state index in [1.54, 1.807) is 4.90 Å². The number of fused-ring (bicyclic) bond motifs is 2. The molecule has 1 atom stereocenters. The summed E-state index contributed by atoms with van der Waals surface area (Å²) in [6.07, 6.45) is 2.81. The van der Waals surface area contributed by atoms with Gasteiger partial charge in [0.2, 0.25) is 11.8 Å². The van der Waals surface area contributed by atoms with Gasteiger partial charge in [-0.25, -0.2) is 0 Å². The lowest BCUT2D eigenvalue weighted by atomic mass is 9.79. The van der Waals surface area contributed by atoms with Crippen LogP contribution in [-0.4, -0.2) is 51.7 Å². The number of hydrogen-bond acceptors (Lipinski definition) is 5. The average molecular weight is 354 g/mol. The van der Waals surface area contributed by atoms with Crippen LogP contribution in [0.4, 0.5) is 0 Å². The summed E-state index contributed by atoms with van der Waals surface area (Å²) in [5, 5.41) is 2.34. The van der Waals surface area contributed by atoms with Gasteiger partial charge in [-0.15, -0.1) is 0 Å². The van der Waals surface area contributed by atoms with E-state index in [-0.39, 0.29) is 29.7 Å². The molecule has 0 spiro atoms. The van der Waals surface area contributed by atoms with E-state index in [0.29, 0.717) is 24.6 Å². The molecule has 2 bridgehead atoms. The molecule has 0 aromatic heterocycles. The normalized spacial score (nSPS) is 33.3. The Morgan fingerprint density at radius 1 is 1.23 bits per heavy atom. The first-order valence-electron chi connectivity index (χ1n) is 9.21. The fourth-order valence-electron chi connectivity index (χ4n) is 4.92. The van der Waals surface area contributed by atoms with Crippen LogP contribution in [0.1, 0.15) is 47.2 Å². The first-order chi connectivity index (χ1) is 12.4. The van der Waals surface area contributed by atoms with Crippen molar-refractivity contribution in [2.45, 2.75) is 56.4 Å². The van der Waals surface area contributed by atoms with Gasteiger partial charge in [0, 0.05) is 43.2 Å². The van der Waals surface area contributed by atoms with Gasteiger partial charge < -0.3 is 10.6 Å². The highest BCUT2D eigenvalue weighted by atomic mass is 16.2. The van der Waals surface area contributed by atoms with Crippen LogP contribution in [0.15, 0.2) is 18.2 Å². The number of amides is 3. The summed E-state index contributed by atoms with van der Waals surface area (Å²) in [5.74, 6) is -0.746. The Labute approximate surface area is 151 Å². The number of carbonyl (C=O) groups is 3. The molecule has 7 nitrogen and oxygen atoms in total. The van der Waals surface area contributed by atoms with Crippen molar-refractivity contribution in [2.24, 2.45) is 5.73 Å². The first kappa shape index (κ1) is 16.0. The quantitative estimate of drug-likeness (QED) is 0.752. The second-order valence-electron chi connectivity index (χ2n) is 8.22. The third-order valence-corrected chi connectivity index (χ3v) is 6.30. The van der Waals surface area contributed by atoms with Crippen LogP contribution in [0.25, 0.3) is 0 Å². The Morgan fingerprint density at radius 3 is 2.73 bits per heavy atom. The zero-order chi connectivity index (χ0) is 18.1. The maximum Gasteiger partial charge on any atom is 0.255 e. The zero-order valence-electron chi connectivity index (χ0n) is 14.5. The molecule has 6 rings (SSSR count). The second-order valence-corrected chi connectivity index (χ2v) is 8.22. The molecule has 4 fully saturated rings. The van der Waals surface area contributed by atoms with Crippen molar-refractivity contribution in [3.8, 4) is 0 Å². The maximum atomic E-state index is 12.9. The van der Waals surface area contributed by atoms with Crippen LogP contribution in [0.5, 0.6) is 0 Å². The van der Waals surface area contributed by atoms with Crippen molar-refractivity contribution in [1.29, 1.82) is 0 Å². The average Bonchev–Trinajstić information content (AvgIpc) is 3.16. The van der Waals surface area contributed by atoms with Crippen LogP contribution in [0.3, 0.4) is 0 Å². The van der Waals surface area contributed by atoms with E-state index in [1.807, 2.05) is 12.1 Å². The third-order valence-electron chi connectivity index (χ3n) is 6.30. The lowest BCUT2D eigenvalue weighted by molar-refractivity contribution is -0.136. The van der Waals surface area contributed by atoms with Crippen LogP contribution >= 0.6 is 0 Å². The highest BCUT2D eigenvalue weighted by Crippen LogP contribution is 2.43. The Morgan fingerprint density at radius 2 is 2.04 bits per heavy atom. The van der Waals surface area contributed by atoms with Gasteiger partial charge in [0.25, 0.3) is 5.91 Å². The standard InChI is InChI=1S/C19H22N4O3/c20-19-6-13(7-19)22(10-19)8-11-1-2-12-9-23(18(26)14(12)5-11)15-3-4-16(24)21-17(15)25/h1-2,5,13,15H,3-4,6-10,20H2,(H,21,24,25). The molecule has 5 aliphatic rings. The second kappa shape index (κ2) is 5.37. The highest BCUT2D eigenvalue weighted by Gasteiger charge is 2.52. The molecule has 1 aliphatic carbocycles. The van der Waals surface area contributed by atoms with Crippen LogP contribution in [-0.2, 0) is 22.7 Å². The summed E-state index contributed by atoms with van der Waals surface area (Å²) >= 11 is 0. The van der Waals surface area contributed by atoms with Crippen LogP contribution in [0.2, 0.25) is 0 Å². The first-order valence-corrected chi connectivity index (χ1v) is 9.21. The molecule has 3 amide bonds. The summed E-state index contributed by atoms with van der Waals surface area (Å²) in [4.78, 5) is 40.3. The van der Waals surface area contributed by atoms with Crippen molar-refractivity contribution in [2.75, 3.05) is 6.54 Å². The number of carbonyl (C=O) groups excluding carboxylic acids is 3. The Bertz CT molecular complexity index is 830. The van der Waals surface area contributed by atoms with E-state index in [2.05, 4.69) is 16.3 Å². The van der Waals surface area contributed by atoms with Crippen LogP contribution < -0.4 is 11.1 Å². The van der Waals surface area contributed by atoms with Crippen molar-refractivity contribution in [3.05, 3.63) is 34.9 Å². The number of piperidine rings is 1. The van der Waals surface area contributed by atoms with Crippen molar-refractivity contribution in [1.82, 2.24) is 15.1 Å². The summed E-state index contributed by atoms with van der Waals surface area (Å²) < 4.78 is 0. The molecule has 26 heavy (non-hydrogen) atoms. The minimum Gasteiger partial charge on any atom is -0.324 e. The topological polar surface area (TPSA) is 95.7 Å². The van der Waals surface area contributed by atoms with Gasteiger partial charge in [-0.05, 0) is 36.5 Å². The van der Waals surface area contributed by atoms with Crippen molar-refractivity contribution in [3.63, 3.8) is 0 Å². The fourth-order valence-corrected chi connectivity index (χ4v) is 4.92. The minimum atomic E-state index is -0.557. The van der Waals surface area contributed by atoms with Gasteiger partial charge in [-0.3, -0.25) is 24.6 Å². The molecule has 1 unspecified atom stereocenters. The number of hydrogen-bond donors (Lipinski definition) is 2. The Kier molecular flexibility index (Phi) is 3.30. The molecular formula is C19H22N4O3. The molecule has 136 valence electrons. The van der Waals surface area contributed by atoms with Gasteiger partial charge >= 0.3 is 0 Å². The van der Waals surface area contributed by atoms with E-state index in [9.17, 15) is 14.4 Å². The molecule has 1 aromatic carbocycles. The SMILES string of the molecule is NC12CC(C1)N(Cc1ccc3c(c1)C(=O)N(C1CCC(=O)NC1=O)C3)C2. The predicted molar refractivity (Wildman–Crippen MR) is 92.8 cm³/mol. The highest BCUT2D eigenvalue weighted by molar-refractivity contribution is 6.05. The number of benzene rings is 1. The molecule has 3 N–H and O–H groups in total. The summed E-state index contributed by atoms with van der Waals surface area (Å²) in [5.41, 5.74) is 9.00. The summed E-state index contributed by atoms with van der Waals surface area (Å²) in [6, 6.07) is 6.04. The van der Waals surface area contributed by atoms with Gasteiger partial charge in [-0.2, -0.15) is 0 Å². The van der Waals surface area contributed by atoms with E-state index in [0.717, 1.165) is 37.1 Å². The molecule has 4 aliphatic heterocycles. The molecule has 1 saturated carbocycles. The third kappa shape index (κ3) is 2.38. The smallest absolute Gasteiger partial charge is 0.255 e. The number of rotatable bonds is 3. The lowest BCUT2D eigenvalue weighted by Crippen LogP contribution is -2.52. The Hall–Kier alpha value is -2.25. The number of nitrogens with two attached hydrogens (primary N) is 1. The largest absolute Gasteiger partial charge is 0.324 e. The molecule has 7 heteroatoms. The predicted octanol–water partition coefficient (Wildman–Crippen LogP) is 0.123. The van der Waals surface area contributed by atoms with Crippen LogP contribution in [0, 0.1) is 0 Å². The monoisotopic (exact) mass is 354 g/mol. The van der Waals surface area contributed by atoms with E-state index < -0.39 is 6.04 Å². The van der Waals surface area contributed by atoms with Gasteiger partial charge in [0.1, 0.15) is 6.04 Å². The zero-order valence-corrected chi connectivity index (χ0v) is 14.5. The molecule has 0 radical (unpaired) electrons. The van der Waals surface area contributed by atoms with E-state index >= 15 is 0 Å². The lowest BCUT2D eigenvalue weighted by Gasteiger charge is -2.33. The molecule has 4 heterocycles. The van der Waals surface area contributed by atoms with Gasteiger partial charge in [0.05, 0.1) is 0 Å². The molecule has 3 saturated heterocycles. The van der Waals surface area contributed by atoms with Crippen molar-refractivity contribution >= 4 is 17.7 Å². The maximum absolute atomic E-state index is 12.9. The van der Waals surface area contributed by atoms with Crippen molar-refractivity contribution < 1.29 is 14.4 Å². The van der Waals surface area contributed by atoms with Gasteiger partial charge in [-0.1, -0.05) is 12.1 Å². The van der Waals surface area contributed by atoms with Gasteiger partial charge in [0.15, 0.2) is 0 Å². The fraction of sp³-hybridized carbons (Fsp3) is 0.526. The summed E-state index contributed by atoms with van der Waals surface area (Å²) in [7, 11) is 0. The number of nitrogens with zero attached hydrogens (tertiary/aromatic N) is 2. The van der Waals surface area contributed by atoms with E-state index in [4.69, 9.17) is 5.73 Å².